The van der Waals surface area contributed by atoms with Gasteiger partial charge in [-0.3, -0.25) is 0 Å². The van der Waals surface area contributed by atoms with Gasteiger partial charge in [0.1, 0.15) is 5.75 Å². The van der Waals surface area contributed by atoms with Crippen LogP contribution in [0.2, 0.25) is 0 Å². The Kier molecular flexibility index (Phi) is 4.11. The van der Waals surface area contributed by atoms with Crippen LogP contribution in [0.4, 0.5) is 17.5 Å². The largest absolute Gasteiger partial charge is 0.495 e. The van der Waals surface area contributed by atoms with E-state index in [4.69, 9.17) is 9.47 Å². The lowest BCUT2D eigenvalue weighted by atomic mass is 10.3. The van der Waals surface area contributed by atoms with Crippen molar-refractivity contribution >= 4 is 17.5 Å². The summed E-state index contributed by atoms with van der Waals surface area (Å²) in [5.41, 5.74) is 0.806. The Morgan fingerprint density at radius 3 is 2.86 bits per heavy atom. The fourth-order valence-electron chi connectivity index (χ4n) is 2.16. The Morgan fingerprint density at radius 1 is 1.24 bits per heavy atom. The van der Waals surface area contributed by atoms with E-state index in [9.17, 15) is 0 Å². The van der Waals surface area contributed by atoms with Crippen LogP contribution in [0.5, 0.6) is 5.75 Å². The summed E-state index contributed by atoms with van der Waals surface area (Å²) in [6.07, 6.45) is 1.67. The molecule has 7 nitrogen and oxygen atoms in total. The van der Waals surface area contributed by atoms with Gasteiger partial charge in [0.15, 0.2) is 5.82 Å². The fourth-order valence-corrected chi connectivity index (χ4v) is 2.16. The van der Waals surface area contributed by atoms with Crippen molar-refractivity contribution in [3.05, 3.63) is 30.5 Å². The van der Waals surface area contributed by atoms with Crippen molar-refractivity contribution in [3.63, 3.8) is 0 Å². The predicted octanol–water partition coefficient (Wildman–Crippen LogP) is 1.46. The summed E-state index contributed by atoms with van der Waals surface area (Å²) in [7, 11) is 1.63. The maximum absolute atomic E-state index is 5.34. The van der Waals surface area contributed by atoms with Crippen LogP contribution in [-0.2, 0) is 4.74 Å². The number of nitrogens with one attached hydrogen (secondary N) is 1. The number of para-hydroxylation sites is 2. The number of hydrogen-bond donors (Lipinski definition) is 1. The number of rotatable bonds is 4. The molecular weight excluding hydrogens is 270 g/mol. The molecule has 21 heavy (non-hydrogen) atoms. The molecule has 1 saturated heterocycles. The Balaban J connectivity index is 1.79. The lowest BCUT2D eigenvalue weighted by Crippen LogP contribution is -2.37. The molecule has 0 spiro atoms. The molecule has 0 radical (unpaired) electrons. The normalized spacial score (nSPS) is 14.8. The zero-order chi connectivity index (χ0) is 14.5. The van der Waals surface area contributed by atoms with E-state index in [0.717, 1.165) is 30.3 Å². The van der Waals surface area contributed by atoms with Gasteiger partial charge in [0, 0.05) is 13.1 Å². The second-order valence-corrected chi connectivity index (χ2v) is 4.56. The topological polar surface area (TPSA) is 72.4 Å². The van der Waals surface area contributed by atoms with Crippen molar-refractivity contribution in [1.82, 2.24) is 15.2 Å². The van der Waals surface area contributed by atoms with E-state index in [0.29, 0.717) is 19.2 Å². The number of aromatic nitrogens is 3. The first-order valence-corrected chi connectivity index (χ1v) is 6.79. The molecule has 0 aliphatic carbocycles. The van der Waals surface area contributed by atoms with Crippen molar-refractivity contribution in [3.8, 4) is 5.75 Å². The smallest absolute Gasteiger partial charge is 0.249 e. The van der Waals surface area contributed by atoms with E-state index in [1.807, 2.05) is 24.3 Å². The highest BCUT2D eigenvalue weighted by Crippen LogP contribution is 2.25. The second-order valence-electron chi connectivity index (χ2n) is 4.56. The van der Waals surface area contributed by atoms with Gasteiger partial charge in [0.05, 0.1) is 32.2 Å². The third kappa shape index (κ3) is 3.19. The molecule has 3 rings (SSSR count). The van der Waals surface area contributed by atoms with Crippen LogP contribution in [-0.4, -0.2) is 48.6 Å². The van der Waals surface area contributed by atoms with Gasteiger partial charge in [0.2, 0.25) is 5.95 Å². The summed E-state index contributed by atoms with van der Waals surface area (Å²) < 4.78 is 10.6. The molecule has 2 heterocycles. The number of anilines is 3. The van der Waals surface area contributed by atoms with E-state index in [2.05, 4.69) is 25.4 Å². The van der Waals surface area contributed by atoms with Crippen molar-refractivity contribution in [2.24, 2.45) is 0 Å². The van der Waals surface area contributed by atoms with E-state index in [1.54, 1.807) is 13.3 Å². The molecule has 0 atom stereocenters. The zero-order valence-corrected chi connectivity index (χ0v) is 11.8. The van der Waals surface area contributed by atoms with Gasteiger partial charge in [0.25, 0.3) is 0 Å². The average Bonchev–Trinajstić information content (AvgIpc) is 2.56. The molecule has 0 amide bonds. The van der Waals surface area contributed by atoms with Crippen molar-refractivity contribution in [2.45, 2.75) is 0 Å². The van der Waals surface area contributed by atoms with Crippen molar-refractivity contribution < 1.29 is 9.47 Å². The monoisotopic (exact) mass is 287 g/mol. The molecule has 7 heteroatoms. The Morgan fingerprint density at radius 2 is 2.05 bits per heavy atom. The molecule has 1 fully saturated rings. The van der Waals surface area contributed by atoms with Gasteiger partial charge in [-0.05, 0) is 12.1 Å². The van der Waals surface area contributed by atoms with Gasteiger partial charge in [-0.2, -0.15) is 10.1 Å². The second kappa shape index (κ2) is 6.36. The number of nitrogens with zero attached hydrogens (tertiary/aromatic N) is 4. The summed E-state index contributed by atoms with van der Waals surface area (Å²) in [6.45, 7) is 3.04. The number of benzene rings is 1. The molecule has 110 valence electrons. The minimum absolute atomic E-state index is 0.448. The first-order chi connectivity index (χ1) is 10.4. The molecule has 1 aliphatic rings. The zero-order valence-electron chi connectivity index (χ0n) is 11.8. The minimum Gasteiger partial charge on any atom is -0.495 e. The number of morpholine rings is 1. The molecule has 2 aromatic rings. The van der Waals surface area contributed by atoms with Crippen LogP contribution < -0.4 is 15.0 Å². The summed E-state index contributed by atoms with van der Waals surface area (Å²) in [6, 6.07) is 7.61. The van der Waals surface area contributed by atoms with Gasteiger partial charge >= 0.3 is 0 Å². The lowest BCUT2D eigenvalue weighted by molar-refractivity contribution is 0.122. The van der Waals surface area contributed by atoms with Crippen LogP contribution in [0.15, 0.2) is 30.5 Å². The molecule has 1 aromatic heterocycles. The van der Waals surface area contributed by atoms with Gasteiger partial charge in [-0.25, -0.2) is 0 Å². The maximum atomic E-state index is 5.34. The highest BCUT2D eigenvalue weighted by atomic mass is 16.5. The molecule has 1 aromatic carbocycles. The molecule has 0 bridgehead atoms. The van der Waals surface area contributed by atoms with Crippen LogP contribution >= 0.6 is 0 Å². The summed E-state index contributed by atoms with van der Waals surface area (Å²) in [5.74, 6) is 1.98. The fraction of sp³-hybridized carbons (Fsp3) is 0.357. The Bertz CT molecular complexity index is 601. The minimum atomic E-state index is 0.448. The van der Waals surface area contributed by atoms with E-state index in [-0.39, 0.29) is 0 Å². The number of methoxy groups -OCH3 is 1. The average molecular weight is 287 g/mol. The van der Waals surface area contributed by atoms with E-state index < -0.39 is 0 Å². The maximum Gasteiger partial charge on any atom is 0.249 e. The standard InChI is InChI=1S/C14H17N5O2/c1-20-12-5-3-2-4-11(12)16-14-17-13(10-15-18-14)19-6-8-21-9-7-19/h2-5,10H,6-9H2,1H3,(H,16,17,18). The first kappa shape index (κ1) is 13.6. The van der Waals surface area contributed by atoms with Crippen LogP contribution in [0.1, 0.15) is 0 Å². The van der Waals surface area contributed by atoms with E-state index >= 15 is 0 Å². The highest BCUT2D eigenvalue weighted by molar-refractivity contribution is 5.62. The van der Waals surface area contributed by atoms with Crippen LogP contribution in [0.3, 0.4) is 0 Å². The predicted molar refractivity (Wildman–Crippen MR) is 79.1 cm³/mol. The molecule has 0 saturated carbocycles. The number of hydrogen-bond acceptors (Lipinski definition) is 7. The summed E-state index contributed by atoms with van der Waals surface area (Å²) in [4.78, 5) is 6.63. The van der Waals surface area contributed by atoms with Crippen molar-refractivity contribution in [2.75, 3.05) is 43.6 Å². The van der Waals surface area contributed by atoms with Gasteiger partial charge in [-0.15, -0.1) is 5.10 Å². The van der Waals surface area contributed by atoms with E-state index in [1.165, 1.54) is 0 Å². The third-order valence-electron chi connectivity index (χ3n) is 3.23. The molecule has 0 unspecified atom stereocenters. The summed E-state index contributed by atoms with van der Waals surface area (Å²) >= 11 is 0. The third-order valence-corrected chi connectivity index (χ3v) is 3.23. The van der Waals surface area contributed by atoms with Crippen molar-refractivity contribution in [1.29, 1.82) is 0 Å². The molecule has 1 aliphatic heterocycles. The molecule has 1 N–H and O–H groups in total. The Hall–Kier alpha value is -2.41. The highest BCUT2D eigenvalue weighted by Gasteiger charge is 2.14. The first-order valence-electron chi connectivity index (χ1n) is 6.79. The van der Waals surface area contributed by atoms with Gasteiger partial charge < -0.3 is 19.7 Å². The summed E-state index contributed by atoms with van der Waals surface area (Å²) in [5, 5.41) is 11.2. The Labute approximate surface area is 122 Å². The van der Waals surface area contributed by atoms with Crippen LogP contribution in [0, 0.1) is 0 Å². The lowest BCUT2D eigenvalue weighted by Gasteiger charge is -2.27. The quantitative estimate of drug-likeness (QED) is 0.912. The van der Waals surface area contributed by atoms with Gasteiger partial charge in [-0.1, -0.05) is 12.1 Å². The van der Waals surface area contributed by atoms with Crippen LogP contribution in [0.25, 0.3) is 0 Å². The molecular formula is C14H17N5O2. The SMILES string of the molecule is COc1ccccc1Nc1nncc(N2CCOCC2)n1. The number of ether oxygens (including phenoxy) is 2.